The minimum atomic E-state index is -4.68. The van der Waals surface area contributed by atoms with Gasteiger partial charge in [0.25, 0.3) is 0 Å². The summed E-state index contributed by atoms with van der Waals surface area (Å²) in [4.78, 5) is 30.3. The summed E-state index contributed by atoms with van der Waals surface area (Å²) < 4.78 is 58.5. The number of methoxy groups -OCH3 is 1. The molecule has 0 spiro atoms. The fourth-order valence-corrected chi connectivity index (χ4v) is 4.39. The van der Waals surface area contributed by atoms with Gasteiger partial charge in [-0.25, -0.2) is 9.37 Å². The summed E-state index contributed by atoms with van der Waals surface area (Å²) in [5.41, 5.74) is -2.38. The number of benzene rings is 1. The van der Waals surface area contributed by atoms with Gasteiger partial charge in [0.1, 0.15) is 23.4 Å². The Bertz CT molecular complexity index is 1130. The average molecular weight is 518 g/mol. The number of nitrogens with zero attached hydrogens (tertiary/aromatic N) is 2. The maximum atomic E-state index is 13.5. The topological polar surface area (TPSA) is 91.8 Å². The van der Waals surface area contributed by atoms with Crippen molar-refractivity contribution in [1.29, 1.82) is 0 Å². The van der Waals surface area contributed by atoms with E-state index in [2.05, 4.69) is 15.0 Å². The molecule has 1 aliphatic heterocycles. The van der Waals surface area contributed by atoms with Crippen molar-refractivity contribution in [3.63, 3.8) is 0 Å². The minimum absolute atomic E-state index is 0.0298. The third-order valence-corrected chi connectivity index (χ3v) is 6.28. The van der Waals surface area contributed by atoms with Gasteiger partial charge >= 0.3 is 12.1 Å². The molecule has 1 saturated heterocycles. The lowest BCUT2D eigenvalue weighted by molar-refractivity contribution is -0.143. The van der Waals surface area contributed by atoms with Crippen LogP contribution in [0.2, 0.25) is 5.02 Å². The number of carbonyl (C=O) groups excluding carboxylic acids is 2. The third-order valence-electron chi connectivity index (χ3n) is 5.99. The van der Waals surface area contributed by atoms with Crippen LogP contribution in [0.5, 0.6) is 0 Å². The van der Waals surface area contributed by atoms with Gasteiger partial charge in [-0.15, -0.1) is 0 Å². The van der Waals surface area contributed by atoms with Crippen molar-refractivity contribution < 1.29 is 37.0 Å². The Hall–Kier alpha value is -2.92. The Labute approximate surface area is 204 Å². The van der Waals surface area contributed by atoms with E-state index in [0.717, 1.165) is 23.1 Å². The van der Waals surface area contributed by atoms with Crippen LogP contribution in [-0.4, -0.2) is 40.8 Å². The molecule has 3 rings (SSSR count). The number of aryl methyl sites for hydroxylation is 1. The number of carbonyl (C=O) groups is 2. The number of hydrogen-bond donors (Lipinski definition) is 2. The maximum Gasteiger partial charge on any atom is 0.416 e. The third kappa shape index (κ3) is 5.84. The smallest absolute Gasteiger partial charge is 0.416 e. The van der Waals surface area contributed by atoms with E-state index in [1.807, 2.05) is 0 Å². The lowest BCUT2D eigenvalue weighted by Gasteiger charge is -2.37. The van der Waals surface area contributed by atoms with Gasteiger partial charge in [0.2, 0.25) is 5.91 Å². The number of pyridine rings is 1. The highest BCUT2D eigenvalue weighted by molar-refractivity contribution is 6.30. The first-order valence-corrected chi connectivity index (χ1v) is 11.0. The fourth-order valence-electron chi connectivity index (χ4n) is 4.18. The number of aromatic nitrogens is 1. The largest absolute Gasteiger partial charge is 0.469 e. The Morgan fingerprint density at radius 3 is 2.60 bits per heavy atom. The van der Waals surface area contributed by atoms with Crippen LogP contribution in [0.1, 0.15) is 36.6 Å². The summed E-state index contributed by atoms with van der Waals surface area (Å²) in [7, 11) is 1.17. The summed E-state index contributed by atoms with van der Waals surface area (Å²) >= 11 is 5.77. The number of aliphatic hydroxyl groups is 1. The number of ether oxygens (including phenoxy) is 1. The van der Waals surface area contributed by atoms with Crippen molar-refractivity contribution in [3.8, 4) is 0 Å². The molecule has 0 saturated carbocycles. The van der Waals surface area contributed by atoms with Crippen molar-refractivity contribution in [2.24, 2.45) is 5.92 Å². The zero-order valence-corrected chi connectivity index (χ0v) is 19.9. The molecule has 35 heavy (non-hydrogen) atoms. The Morgan fingerprint density at radius 1 is 1.31 bits per heavy atom. The zero-order valence-electron chi connectivity index (χ0n) is 19.1. The van der Waals surface area contributed by atoms with E-state index in [1.165, 1.54) is 33.1 Å². The van der Waals surface area contributed by atoms with Crippen LogP contribution in [0.25, 0.3) is 0 Å². The average Bonchev–Trinajstić information content (AvgIpc) is 3.03. The SMILES string of the molecule is COC(=O)C[C@@H]1C[C@@H](C(=O)NCc2ccc(F)c(Cl)c2)N(c2cc(C(F)(F)F)cc(C)n2)[C@@]1(C)O. The second-order valence-corrected chi connectivity index (χ2v) is 8.92. The first kappa shape index (κ1) is 26.7. The van der Waals surface area contributed by atoms with Gasteiger partial charge in [0.05, 0.1) is 24.1 Å². The van der Waals surface area contributed by atoms with Crippen molar-refractivity contribution in [1.82, 2.24) is 10.3 Å². The minimum Gasteiger partial charge on any atom is -0.469 e. The summed E-state index contributed by atoms with van der Waals surface area (Å²) in [6, 6.07) is 4.33. The molecule has 2 aromatic rings. The second-order valence-electron chi connectivity index (χ2n) is 8.51. The van der Waals surface area contributed by atoms with Gasteiger partial charge in [0, 0.05) is 18.2 Å². The molecule has 12 heteroatoms. The first-order valence-electron chi connectivity index (χ1n) is 10.6. The molecule has 1 fully saturated rings. The molecule has 0 aliphatic carbocycles. The van der Waals surface area contributed by atoms with Gasteiger partial charge in [0.15, 0.2) is 0 Å². The van der Waals surface area contributed by atoms with Crippen LogP contribution < -0.4 is 10.2 Å². The van der Waals surface area contributed by atoms with Gasteiger partial charge < -0.3 is 20.1 Å². The Morgan fingerprint density at radius 2 is 2.00 bits per heavy atom. The molecule has 2 heterocycles. The monoisotopic (exact) mass is 517 g/mol. The normalized spacial score (nSPS) is 22.3. The molecule has 1 aliphatic rings. The summed E-state index contributed by atoms with van der Waals surface area (Å²) in [5.74, 6) is -3.01. The molecule has 0 unspecified atom stereocenters. The summed E-state index contributed by atoms with van der Waals surface area (Å²) in [5, 5.41) is 13.8. The predicted octanol–water partition coefficient (Wildman–Crippen LogP) is 3.98. The number of hydrogen-bond acceptors (Lipinski definition) is 6. The van der Waals surface area contributed by atoms with E-state index in [1.54, 1.807) is 0 Å². The van der Waals surface area contributed by atoms with E-state index >= 15 is 0 Å². The molecule has 2 N–H and O–H groups in total. The molecular formula is C23H24ClF4N3O4. The number of esters is 1. The maximum absolute atomic E-state index is 13.5. The zero-order chi connectivity index (χ0) is 26.1. The number of alkyl halides is 3. The van der Waals surface area contributed by atoms with Crippen LogP contribution in [-0.2, 0) is 27.0 Å². The van der Waals surface area contributed by atoms with Crippen molar-refractivity contribution in [2.75, 3.05) is 12.0 Å². The standard InChI is InChI=1S/C23H24ClF4N3O4/c1-12-6-15(23(26,27)28)9-19(30-12)31-18(8-14(22(31,2)34)10-20(32)35-3)21(33)29-11-13-4-5-17(25)16(24)7-13/h4-7,9,14,18,34H,8,10-11H2,1-3H3,(H,29,33)/t14-,18-,22-/m0/s1. The molecule has 1 amide bonds. The van der Waals surface area contributed by atoms with Crippen LogP contribution in [0.4, 0.5) is 23.4 Å². The van der Waals surface area contributed by atoms with E-state index < -0.39 is 47.1 Å². The van der Waals surface area contributed by atoms with Gasteiger partial charge in [-0.2, -0.15) is 13.2 Å². The van der Waals surface area contributed by atoms with E-state index in [0.29, 0.717) is 5.56 Å². The number of halogens is 5. The lowest BCUT2D eigenvalue weighted by Crippen LogP contribution is -2.53. The van der Waals surface area contributed by atoms with E-state index in [-0.39, 0.29) is 35.9 Å². The van der Waals surface area contributed by atoms with E-state index in [4.69, 9.17) is 11.6 Å². The van der Waals surface area contributed by atoms with Crippen LogP contribution in [0.15, 0.2) is 30.3 Å². The quantitative estimate of drug-likeness (QED) is 0.445. The highest BCUT2D eigenvalue weighted by atomic mass is 35.5. The summed E-state index contributed by atoms with van der Waals surface area (Å²) in [6.45, 7) is 2.62. The van der Waals surface area contributed by atoms with Crippen molar-refractivity contribution >= 4 is 29.3 Å². The number of anilines is 1. The fraction of sp³-hybridized carbons (Fsp3) is 0.435. The molecule has 3 atom stereocenters. The van der Waals surface area contributed by atoms with Gasteiger partial charge in [-0.3, -0.25) is 9.59 Å². The van der Waals surface area contributed by atoms with E-state index in [9.17, 15) is 32.3 Å². The number of amides is 1. The molecule has 190 valence electrons. The molecule has 1 aromatic carbocycles. The highest BCUT2D eigenvalue weighted by Crippen LogP contribution is 2.43. The predicted molar refractivity (Wildman–Crippen MR) is 119 cm³/mol. The molecule has 0 bridgehead atoms. The van der Waals surface area contributed by atoms with Crippen molar-refractivity contribution in [2.45, 2.75) is 51.2 Å². The lowest BCUT2D eigenvalue weighted by atomic mass is 9.93. The number of rotatable bonds is 6. The highest BCUT2D eigenvalue weighted by Gasteiger charge is 2.53. The Balaban J connectivity index is 1.96. The van der Waals surface area contributed by atoms with Crippen molar-refractivity contribution in [3.05, 3.63) is 58.0 Å². The summed E-state index contributed by atoms with van der Waals surface area (Å²) in [6.07, 6.45) is -5.01. The number of nitrogens with one attached hydrogen (secondary N) is 1. The Kier molecular flexibility index (Phi) is 7.61. The van der Waals surface area contributed by atoms with Gasteiger partial charge in [-0.1, -0.05) is 17.7 Å². The van der Waals surface area contributed by atoms with Crippen LogP contribution in [0.3, 0.4) is 0 Å². The molecule has 1 aromatic heterocycles. The first-order chi connectivity index (χ1) is 16.2. The molecule has 0 radical (unpaired) electrons. The van der Waals surface area contributed by atoms with Crippen LogP contribution >= 0.6 is 11.6 Å². The van der Waals surface area contributed by atoms with Crippen LogP contribution in [0, 0.1) is 18.7 Å². The molecule has 7 nitrogen and oxygen atoms in total. The molecular weight excluding hydrogens is 494 g/mol. The van der Waals surface area contributed by atoms with Gasteiger partial charge in [-0.05, 0) is 50.1 Å². The second kappa shape index (κ2) is 9.98.